The molecule has 0 aliphatic heterocycles. The number of amides is 1. The van der Waals surface area contributed by atoms with E-state index in [1.54, 1.807) is 30.5 Å². The average molecular weight is 497 g/mol. The van der Waals surface area contributed by atoms with Gasteiger partial charge in [0.2, 0.25) is 0 Å². The number of benzene rings is 2. The zero-order valence-electron chi connectivity index (χ0n) is 16.4. The molecule has 0 radical (unpaired) electrons. The fraction of sp³-hybridized carbons (Fsp3) is 0.0870. The Balaban J connectivity index is 1.97. The Morgan fingerprint density at radius 1 is 1.23 bits per heavy atom. The van der Waals surface area contributed by atoms with Crippen LogP contribution in [-0.2, 0) is 9.53 Å². The van der Waals surface area contributed by atoms with E-state index < -0.39 is 11.9 Å². The number of thiophene rings is 1. The first-order valence-electron chi connectivity index (χ1n) is 9.20. The van der Waals surface area contributed by atoms with Gasteiger partial charge in [-0.2, -0.15) is 5.26 Å². The van der Waals surface area contributed by atoms with Crippen LogP contribution in [0.5, 0.6) is 5.75 Å². The number of nitriles is 1. The van der Waals surface area contributed by atoms with Gasteiger partial charge in [0.05, 0.1) is 6.61 Å². The molecule has 156 valence electrons. The molecule has 31 heavy (non-hydrogen) atoms. The number of hydrogen-bond donors (Lipinski definition) is 2. The number of carbonyl (C=O) groups excluding carboxylic acids is 2. The van der Waals surface area contributed by atoms with Gasteiger partial charge in [-0.05, 0) is 36.8 Å². The number of hydrogen-bond acceptors (Lipinski definition) is 6. The van der Waals surface area contributed by atoms with Crippen molar-refractivity contribution in [2.24, 2.45) is 0 Å². The van der Waals surface area contributed by atoms with Gasteiger partial charge in [0.1, 0.15) is 28.0 Å². The van der Waals surface area contributed by atoms with Gasteiger partial charge in [0.15, 0.2) is 0 Å². The molecule has 0 saturated heterocycles. The van der Waals surface area contributed by atoms with Crippen LogP contribution in [0.3, 0.4) is 0 Å². The van der Waals surface area contributed by atoms with Crippen LogP contribution in [0.2, 0.25) is 0 Å². The van der Waals surface area contributed by atoms with E-state index in [2.05, 4.69) is 21.2 Å². The molecule has 3 aromatic rings. The number of para-hydroxylation sites is 1. The van der Waals surface area contributed by atoms with Crippen LogP contribution in [-0.4, -0.2) is 23.6 Å². The van der Waals surface area contributed by atoms with Gasteiger partial charge in [0.25, 0.3) is 5.91 Å². The summed E-state index contributed by atoms with van der Waals surface area (Å²) in [5, 5.41) is 24.0. The zero-order valence-corrected chi connectivity index (χ0v) is 18.8. The Morgan fingerprint density at radius 2 is 1.94 bits per heavy atom. The summed E-state index contributed by atoms with van der Waals surface area (Å²) in [5.74, 6) is -1.32. The molecular weight excluding hydrogens is 480 g/mol. The van der Waals surface area contributed by atoms with Gasteiger partial charge < -0.3 is 15.2 Å². The monoisotopic (exact) mass is 496 g/mol. The van der Waals surface area contributed by atoms with Crippen molar-refractivity contribution in [3.8, 4) is 22.9 Å². The SMILES string of the molecule is CCOC(=O)c1c(-c2ccc(Br)cc2)csc1NC(=O)C(C#N)=Cc1ccccc1O. The number of phenols is 1. The minimum absolute atomic E-state index is 0.0519. The van der Waals surface area contributed by atoms with Gasteiger partial charge in [-0.25, -0.2) is 4.79 Å². The Hall–Kier alpha value is -3.41. The standard InChI is InChI=1S/C23H17BrN2O4S/c1-2-30-23(29)20-18(14-7-9-17(24)10-8-14)13-31-22(20)26-21(28)16(12-25)11-15-5-3-4-6-19(15)27/h3-11,13,27H,2H2,1H3,(H,26,28). The number of nitrogens with zero attached hydrogens (tertiary/aromatic N) is 1. The fourth-order valence-electron chi connectivity index (χ4n) is 2.78. The number of phenolic OH excluding ortho intramolecular Hbond substituents is 1. The second kappa shape index (κ2) is 10.1. The number of carbonyl (C=O) groups is 2. The minimum Gasteiger partial charge on any atom is -0.507 e. The summed E-state index contributed by atoms with van der Waals surface area (Å²) in [7, 11) is 0. The molecule has 2 N–H and O–H groups in total. The van der Waals surface area contributed by atoms with Crippen molar-refractivity contribution >= 4 is 50.2 Å². The lowest BCUT2D eigenvalue weighted by Crippen LogP contribution is -2.16. The lowest BCUT2D eigenvalue weighted by Gasteiger charge is -2.09. The maximum absolute atomic E-state index is 12.7. The summed E-state index contributed by atoms with van der Waals surface area (Å²) in [6, 6.07) is 15.6. The van der Waals surface area contributed by atoms with Crippen LogP contribution >= 0.6 is 27.3 Å². The van der Waals surface area contributed by atoms with Gasteiger partial charge >= 0.3 is 5.97 Å². The number of nitrogens with one attached hydrogen (secondary N) is 1. The number of aromatic hydroxyl groups is 1. The van der Waals surface area contributed by atoms with Gasteiger partial charge in [-0.15, -0.1) is 11.3 Å². The third-order valence-corrected chi connectivity index (χ3v) is 5.68. The largest absolute Gasteiger partial charge is 0.507 e. The maximum Gasteiger partial charge on any atom is 0.341 e. The molecular formula is C23H17BrN2O4S. The summed E-state index contributed by atoms with van der Waals surface area (Å²) in [4.78, 5) is 25.4. The second-order valence-corrected chi connectivity index (χ2v) is 8.06. The van der Waals surface area contributed by atoms with E-state index in [0.717, 1.165) is 21.4 Å². The normalized spacial score (nSPS) is 10.9. The van der Waals surface area contributed by atoms with Crippen LogP contribution in [0.1, 0.15) is 22.8 Å². The van der Waals surface area contributed by atoms with Crippen LogP contribution < -0.4 is 5.32 Å². The highest BCUT2D eigenvalue weighted by Gasteiger charge is 2.24. The number of ether oxygens (including phenoxy) is 1. The minimum atomic E-state index is -0.694. The molecule has 0 aliphatic carbocycles. The van der Waals surface area contributed by atoms with E-state index in [0.29, 0.717) is 11.1 Å². The molecule has 1 aromatic heterocycles. The average Bonchev–Trinajstić information content (AvgIpc) is 3.17. The quantitative estimate of drug-likeness (QED) is 0.262. The summed E-state index contributed by atoms with van der Waals surface area (Å²) in [5.41, 5.74) is 1.75. The maximum atomic E-state index is 12.7. The van der Waals surface area contributed by atoms with E-state index in [1.165, 1.54) is 12.1 Å². The molecule has 0 atom stereocenters. The lowest BCUT2D eigenvalue weighted by atomic mass is 10.0. The van der Waals surface area contributed by atoms with Crippen molar-refractivity contribution in [1.82, 2.24) is 0 Å². The van der Waals surface area contributed by atoms with E-state index in [1.807, 2.05) is 30.3 Å². The topological polar surface area (TPSA) is 99.4 Å². The molecule has 6 nitrogen and oxygen atoms in total. The molecule has 0 aliphatic rings. The molecule has 0 saturated carbocycles. The Morgan fingerprint density at radius 3 is 2.58 bits per heavy atom. The predicted octanol–water partition coefficient (Wildman–Crippen LogP) is 5.61. The third-order valence-electron chi connectivity index (χ3n) is 4.25. The van der Waals surface area contributed by atoms with Crippen molar-refractivity contribution < 1.29 is 19.4 Å². The van der Waals surface area contributed by atoms with E-state index >= 15 is 0 Å². The van der Waals surface area contributed by atoms with E-state index in [4.69, 9.17) is 4.74 Å². The first-order valence-corrected chi connectivity index (χ1v) is 10.9. The molecule has 1 amide bonds. The molecule has 0 bridgehead atoms. The van der Waals surface area contributed by atoms with Crippen molar-refractivity contribution in [2.75, 3.05) is 11.9 Å². The molecule has 8 heteroatoms. The molecule has 1 heterocycles. The van der Waals surface area contributed by atoms with Gasteiger partial charge in [0, 0.05) is 21.0 Å². The van der Waals surface area contributed by atoms with Crippen molar-refractivity contribution in [1.29, 1.82) is 5.26 Å². The summed E-state index contributed by atoms with van der Waals surface area (Å²) in [6.07, 6.45) is 1.29. The highest BCUT2D eigenvalue weighted by atomic mass is 79.9. The third kappa shape index (κ3) is 5.20. The lowest BCUT2D eigenvalue weighted by molar-refractivity contribution is -0.112. The highest BCUT2D eigenvalue weighted by Crippen LogP contribution is 2.37. The molecule has 0 spiro atoms. The zero-order chi connectivity index (χ0) is 22.4. The number of rotatable bonds is 6. The van der Waals surface area contributed by atoms with Crippen LogP contribution in [0.25, 0.3) is 17.2 Å². The van der Waals surface area contributed by atoms with Gasteiger partial charge in [-0.3, -0.25) is 4.79 Å². The molecule has 0 fully saturated rings. The van der Waals surface area contributed by atoms with Crippen molar-refractivity contribution in [3.05, 3.63) is 75.1 Å². The molecule has 2 aromatic carbocycles. The van der Waals surface area contributed by atoms with E-state index in [9.17, 15) is 20.0 Å². The number of halogens is 1. The Bertz CT molecular complexity index is 1190. The predicted molar refractivity (Wildman–Crippen MR) is 124 cm³/mol. The van der Waals surface area contributed by atoms with E-state index in [-0.39, 0.29) is 28.5 Å². The Kier molecular flexibility index (Phi) is 7.23. The second-order valence-electron chi connectivity index (χ2n) is 6.26. The first-order chi connectivity index (χ1) is 14.9. The van der Waals surface area contributed by atoms with Crippen LogP contribution in [0, 0.1) is 11.3 Å². The van der Waals surface area contributed by atoms with Crippen molar-refractivity contribution in [3.63, 3.8) is 0 Å². The van der Waals surface area contributed by atoms with Crippen LogP contribution in [0.15, 0.2) is 64.0 Å². The number of esters is 1. The molecule has 3 rings (SSSR count). The van der Waals surface area contributed by atoms with Crippen molar-refractivity contribution in [2.45, 2.75) is 6.92 Å². The molecule has 0 unspecified atom stereocenters. The van der Waals surface area contributed by atoms with Crippen LogP contribution in [0.4, 0.5) is 5.00 Å². The van der Waals surface area contributed by atoms with Gasteiger partial charge in [-0.1, -0.05) is 46.3 Å². The summed E-state index contributed by atoms with van der Waals surface area (Å²) >= 11 is 4.55. The number of anilines is 1. The summed E-state index contributed by atoms with van der Waals surface area (Å²) in [6.45, 7) is 1.88. The smallest absolute Gasteiger partial charge is 0.341 e. The fourth-order valence-corrected chi connectivity index (χ4v) is 4.00. The Labute approximate surface area is 191 Å². The first kappa shape index (κ1) is 22.3. The summed E-state index contributed by atoms with van der Waals surface area (Å²) < 4.78 is 6.08. The highest BCUT2D eigenvalue weighted by molar-refractivity contribution is 9.10.